The van der Waals surface area contributed by atoms with Crippen LogP contribution in [-0.2, 0) is 0 Å². The van der Waals surface area contributed by atoms with Crippen LogP contribution in [0.3, 0.4) is 0 Å². The molecule has 1 aliphatic heterocycles. The molecule has 1 saturated heterocycles. The van der Waals surface area contributed by atoms with Crippen LogP contribution in [0.2, 0.25) is 0 Å². The molecular weight excluding hydrogens is 276 g/mol. The maximum Gasteiger partial charge on any atom is 0.253 e. The molecule has 1 amide bonds. The summed E-state index contributed by atoms with van der Waals surface area (Å²) in [5.74, 6) is -0.00963. The number of likely N-dealkylation sites (tertiary alicyclic amines) is 1. The lowest BCUT2D eigenvalue weighted by atomic mass is 9.90. The van der Waals surface area contributed by atoms with E-state index in [1.807, 2.05) is 30.3 Å². The zero-order valence-electron chi connectivity index (χ0n) is 12.3. The fourth-order valence-corrected chi connectivity index (χ4v) is 2.89. The number of hydrogen-bond donors (Lipinski definition) is 0. The molecular formula is C18H18N2O2. The van der Waals surface area contributed by atoms with Crippen molar-refractivity contribution in [1.29, 1.82) is 0 Å². The highest BCUT2D eigenvalue weighted by Crippen LogP contribution is 2.22. The monoisotopic (exact) mass is 294 g/mol. The number of rotatable bonds is 3. The molecule has 2 heterocycles. The van der Waals surface area contributed by atoms with Crippen molar-refractivity contribution in [1.82, 2.24) is 9.88 Å². The van der Waals surface area contributed by atoms with Crippen molar-refractivity contribution in [2.75, 3.05) is 13.1 Å². The standard InChI is InChI=1S/C18H18N2O2/c21-17(14-8-10-19-11-9-14)16-7-4-12-20(13-16)18(22)15-5-2-1-3-6-15/h1-3,5-6,8-11,16H,4,7,12-13H2. The summed E-state index contributed by atoms with van der Waals surface area (Å²) in [6.45, 7) is 1.21. The molecule has 4 heteroatoms. The van der Waals surface area contributed by atoms with Gasteiger partial charge in [0.05, 0.1) is 0 Å². The van der Waals surface area contributed by atoms with Gasteiger partial charge in [0, 0.05) is 42.5 Å². The van der Waals surface area contributed by atoms with Gasteiger partial charge in [-0.2, -0.15) is 0 Å². The van der Waals surface area contributed by atoms with Crippen molar-refractivity contribution in [3.63, 3.8) is 0 Å². The predicted octanol–water partition coefficient (Wildman–Crippen LogP) is 2.82. The molecule has 0 radical (unpaired) electrons. The summed E-state index contributed by atoms with van der Waals surface area (Å²) in [5.41, 5.74) is 1.36. The van der Waals surface area contributed by atoms with Crippen LogP contribution in [0.4, 0.5) is 0 Å². The van der Waals surface area contributed by atoms with E-state index >= 15 is 0 Å². The SMILES string of the molecule is O=C(c1ccncc1)C1CCCN(C(=O)c2ccccc2)C1. The van der Waals surface area contributed by atoms with Crippen LogP contribution in [0.25, 0.3) is 0 Å². The van der Waals surface area contributed by atoms with Crippen LogP contribution in [0.5, 0.6) is 0 Å². The molecule has 0 aliphatic carbocycles. The largest absolute Gasteiger partial charge is 0.338 e. The molecule has 3 rings (SSSR count). The van der Waals surface area contributed by atoms with Crippen molar-refractivity contribution >= 4 is 11.7 Å². The minimum absolute atomic E-state index is 0.00725. The van der Waals surface area contributed by atoms with E-state index in [-0.39, 0.29) is 17.6 Å². The minimum atomic E-state index is -0.121. The highest BCUT2D eigenvalue weighted by atomic mass is 16.2. The Balaban J connectivity index is 1.72. The first-order valence-corrected chi connectivity index (χ1v) is 7.54. The van der Waals surface area contributed by atoms with Crippen LogP contribution in [-0.4, -0.2) is 34.7 Å². The molecule has 1 aliphatic rings. The Kier molecular flexibility index (Phi) is 4.28. The lowest BCUT2D eigenvalue weighted by molar-refractivity contribution is 0.0637. The molecule has 0 bridgehead atoms. The van der Waals surface area contributed by atoms with Gasteiger partial charge in [-0.25, -0.2) is 0 Å². The maximum absolute atomic E-state index is 12.5. The van der Waals surface area contributed by atoms with E-state index in [1.165, 1.54) is 0 Å². The molecule has 112 valence electrons. The lowest BCUT2D eigenvalue weighted by Gasteiger charge is -2.32. The van der Waals surface area contributed by atoms with Crippen LogP contribution in [0, 0.1) is 5.92 Å². The number of aromatic nitrogens is 1. The predicted molar refractivity (Wildman–Crippen MR) is 83.6 cm³/mol. The van der Waals surface area contributed by atoms with Gasteiger partial charge in [0.2, 0.25) is 0 Å². The third kappa shape index (κ3) is 3.06. The van der Waals surface area contributed by atoms with Gasteiger partial charge < -0.3 is 4.90 Å². The van der Waals surface area contributed by atoms with Crippen LogP contribution in [0.15, 0.2) is 54.9 Å². The first-order chi connectivity index (χ1) is 10.8. The van der Waals surface area contributed by atoms with Gasteiger partial charge in [0.15, 0.2) is 5.78 Å². The molecule has 1 aromatic carbocycles. The number of piperidine rings is 1. The normalized spacial score (nSPS) is 18.0. The van der Waals surface area contributed by atoms with Gasteiger partial charge in [-0.05, 0) is 37.1 Å². The number of hydrogen-bond acceptors (Lipinski definition) is 3. The number of ketones is 1. The average Bonchev–Trinajstić information content (AvgIpc) is 2.62. The molecule has 1 aromatic heterocycles. The van der Waals surface area contributed by atoms with Gasteiger partial charge >= 0.3 is 0 Å². The van der Waals surface area contributed by atoms with Crippen molar-refractivity contribution in [2.24, 2.45) is 5.92 Å². The van der Waals surface area contributed by atoms with E-state index in [4.69, 9.17) is 0 Å². The Bertz CT molecular complexity index is 598. The van der Waals surface area contributed by atoms with Gasteiger partial charge in [-0.15, -0.1) is 0 Å². The number of amides is 1. The van der Waals surface area contributed by atoms with E-state index in [1.54, 1.807) is 29.4 Å². The summed E-state index contributed by atoms with van der Waals surface area (Å²) >= 11 is 0. The number of pyridine rings is 1. The molecule has 0 N–H and O–H groups in total. The summed E-state index contributed by atoms with van der Waals surface area (Å²) in [5, 5.41) is 0. The second-order valence-corrected chi connectivity index (χ2v) is 5.56. The quantitative estimate of drug-likeness (QED) is 0.818. The van der Waals surface area contributed by atoms with Crippen molar-refractivity contribution < 1.29 is 9.59 Å². The highest BCUT2D eigenvalue weighted by Gasteiger charge is 2.29. The second-order valence-electron chi connectivity index (χ2n) is 5.56. The summed E-state index contributed by atoms with van der Waals surface area (Å²) in [7, 11) is 0. The van der Waals surface area contributed by atoms with Crippen molar-refractivity contribution in [3.8, 4) is 0 Å². The Morgan fingerprint density at radius 2 is 1.73 bits per heavy atom. The third-order valence-electron chi connectivity index (χ3n) is 4.06. The number of benzene rings is 1. The minimum Gasteiger partial charge on any atom is -0.338 e. The smallest absolute Gasteiger partial charge is 0.253 e. The molecule has 4 nitrogen and oxygen atoms in total. The number of carbonyl (C=O) groups excluding carboxylic acids is 2. The summed E-state index contributed by atoms with van der Waals surface area (Å²) < 4.78 is 0. The van der Waals surface area contributed by atoms with Gasteiger partial charge in [0.1, 0.15) is 0 Å². The van der Waals surface area contributed by atoms with E-state index in [0.717, 1.165) is 12.8 Å². The maximum atomic E-state index is 12.5. The van der Waals surface area contributed by atoms with Crippen LogP contribution >= 0.6 is 0 Å². The molecule has 1 unspecified atom stereocenters. The van der Waals surface area contributed by atoms with Gasteiger partial charge in [-0.1, -0.05) is 18.2 Å². The summed E-state index contributed by atoms with van der Waals surface area (Å²) in [6.07, 6.45) is 4.95. The Morgan fingerprint density at radius 1 is 1.00 bits per heavy atom. The zero-order chi connectivity index (χ0) is 15.4. The van der Waals surface area contributed by atoms with E-state index in [2.05, 4.69) is 4.98 Å². The number of carbonyl (C=O) groups is 2. The number of Topliss-reactive ketones (excluding diaryl/α,β-unsaturated/α-hetero) is 1. The van der Waals surface area contributed by atoms with Crippen molar-refractivity contribution in [3.05, 3.63) is 66.0 Å². The zero-order valence-corrected chi connectivity index (χ0v) is 12.3. The summed E-state index contributed by atoms with van der Waals surface area (Å²) in [6, 6.07) is 12.7. The van der Waals surface area contributed by atoms with Crippen molar-refractivity contribution in [2.45, 2.75) is 12.8 Å². The molecule has 2 aromatic rings. The summed E-state index contributed by atoms with van der Waals surface area (Å²) in [4.78, 5) is 30.8. The van der Waals surface area contributed by atoms with E-state index < -0.39 is 0 Å². The lowest BCUT2D eigenvalue weighted by Crippen LogP contribution is -2.42. The number of nitrogens with zero attached hydrogens (tertiary/aromatic N) is 2. The Labute approximate surface area is 129 Å². The van der Waals surface area contributed by atoms with Gasteiger partial charge in [-0.3, -0.25) is 14.6 Å². The Hall–Kier alpha value is -2.49. The fourth-order valence-electron chi connectivity index (χ4n) is 2.89. The first-order valence-electron chi connectivity index (χ1n) is 7.54. The van der Waals surface area contributed by atoms with Gasteiger partial charge in [0.25, 0.3) is 5.91 Å². The van der Waals surface area contributed by atoms with Crippen LogP contribution in [0.1, 0.15) is 33.6 Å². The van der Waals surface area contributed by atoms with E-state index in [0.29, 0.717) is 24.2 Å². The molecule has 1 atom stereocenters. The molecule has 0 saturated carbocycles. The molecule has 0 spiro atoms. The molecule has 22 heavy (non-hydrogen) atoms. The fraction of sp³-hybridized carbons (Fsp3) is 0.278. The van der Waals surface area contributed by atoms with E-state index in [9.17, 15) is 9.59 Å². The third-order valence-corrected chi connectivity index (χ3v) is 4.06. The van der Waals surface area contributed by atoms with Crippen LogP contribution < -0.4 is 0 Å². The average molecular weight is 294 g/mol. The topological polar surface area (TPSA) is 50.3 Å². The Morgan fingerprint density at radius 3 is 2.45 bits per heavy atom. The first kappa shape index (κ1) is 14.4. The second kappa shape index (κ2) is 6.52. The molecule has 1 fully saturated rings. The highest BCUT2D eigenvalue weighted by molar-refractivity contribution is 5.99.